The van der Waals surface area contributed by atoms with E-state index in [1.54, 1.807) is 12.3 Å². The number of carbonyl (C=O) groups excluding carboxylic acids is 1. The molecule has 3 heterocycles. The van der Waals surface area contributed by atoms with Crippen molar-refractivity contribution in [1.29, 1.82) is 0 Å². The monoisotopic (exact) mass is 467 g/mol. The molecule has 1 N–H and O–H groups in total. The SMILES string of the molecule is C=CCn1c(SCC(=O)NCC2CN(Cc3ccccc3)CCO2)nnc1-c1ccoc1C. The van der Waals surface area contributed by atoms with E-state index in [4.69, 9.17) is 9.15 Å². The highest BCUT2D eigenvalue weighted by Crippen LogP contribution is 2.27. The van der Waals surface area contributed by atoms with Crippen LogP contribution in [0.25, 0.3) is 11.4 Å². The number of amides is 1. The number of allylic oxidation sites excluding steroid dienone is 1. The standard InChI is InChI=1S/C24H29N5O3S/c1-3-10-29-23(21-9-12-31-18(21)2)26-27-24(29)33-17-22(30)25-14-20-16-28(11-13-32-20)15-19-7-5-4-6-8-19/h3-9,12,20H,1,10-11,13-17H2,2H3,(H,25,30). The molecule has 1 unspecified atom stereocenters. The topological polar surface area (TPSA) is 85.4 Å². The normalized spacial score (nSPS) is 16.6. The molecule has 1 fully saturated rings. The summed E-state index contributed by atoms with van der Waals surface area (Å²) in [5, 5.41) is 12.3. The molecule has 4 rings (SSSR count). The number of nitrogens with zero attached hydrogens (tertiary/aromatic N) is 4. The van der Waals surface area contributed by atoms with Crippen LogP contribution in [0.1, 0.15) is 11.3 Å². The van der Waals surface area contributed by atoms with Gasteiger partial charge in [0.1, 0.15) is 5.76 Å². The molecule has 1 aliphatic heterocycles. The van der Waals surface area contributed by atoms with Gasteiger partial charge in [-0.1, -0.05) is 48.2 Å². The van der Waals surface area contributed by atoms with Gasteiger partial charge < -0.3 is 14.5 Å². The van der Waals surface area contributed by atoms with Gasteiger partial charge in [0, 0.05) is 32.7 Å². The summed E-state index contributed by atoms with van der Waals surface area (Å²) in [6.45, 7) is 10.00. The van der Waals surface area contributed by atoms with Gasteiger partial charge in [-0.25, -0.2) is 0 Å². The zero-order valence-corrected chi connectivity index (χ0v) is 19.6. The number of benzene rings is 1. The van der Waals surface area contributed by atoms with Gasteiger partial charge in [-0.05, 0) is 18.6 Å². The van der Waals surface area contributed by atoms with Gasteiger partial charge in [0.15, 0.2) is 11.0 Å². The van der Waals surface area contributed by atoms with Crippen LogP contribution in [0.4, 0.5) is 0 Å². The third-order valence-corrected chi connectivity index (χ3v) is 6.43. The van der Waals surface area contributed by atoms with Crippen molar-refractivity contribution in [1.82, 2.24) is 25.0 Å². The van der Waals surface area contributed by atoms with Gasteiger partial charge in [0.25, 0.3) is 0 Å². The zero-order chi connectivity index (χ0) is 23.0. The second kappa shape index (κ2) is 11.3. The zero-order valence-electron chi connectivity index (χ0n) is 18.8. The maximum atomic E-state index is 12.5. The molecule has 0 spiro atoms. The second-order valence-electron chi connectivity index (χ2n) is 7.90. The number of hydrogen-bond donors (Lipinski definition) is 1. The van der Waals surface area contributed by atoms with Crippen molar-refractivity contribution < 1.29 is 13.9 Å². The average molecular weight is 468 g/mol. The lowest BCUT2D eigenvalue weighted by Crippen LogP contribution is -2.47. The van der Waals surface area contributed by atoms with Crippen LogP contribution in [0.15, 0.2) is 64.9 Å². The van der Waals surface area contributed by atoms with Crippen LogP contribution >= 0.6 is 11.8 Å². The van der Waals surface area contributed by atoms with Crippen molar-refractivity contribution in [2.75, 3.05) is 32.0 Å². The Hall–Kier alpha value is -2.88. The number of furan rings is 1. The Morgan fingerprint density at radius 1 is 1.30 bits per heavy atom. The number of morpholine rings is 1. The molecular formula is C24H29N5O3S. The molecule has 1 aromatic carbocycles. The highest BCUT2D eigenvalue weighted by molar-refractivity contribution is 7.99. The Balaban J connectivity index is 1.27. The van der Waals surface area contributed by atoms with E-state index in [9.17, 15) is 4.79 Å². The molecular weight excluding hydrogens is 438 g/mol. The molecule has 174 valence electrons. The molecule has 1 aliphatic rings. The van der Waals surface area contributed by atoms with Crippen LogP contribution < -0.4 is 5.32 Å². The van der Waals surface area contributed by atoms with E-state index in [1.807, 2.05) is 23.6 Å². The number of ether oxygens (including phenoxy) is 1. The van der Waals surface area contributed by atoms with Gasteiger partial charge in [-0.15, -0.1) is 16.8 Å². The quantitative estimate of drug-likeness (QED) is 0.362. The first-order valence-electron chi connectivity index (χ1n) is 11.0. The largest absolute Gasteiger partial charge is 0.469 e. The molecule has 8 nitrogen and oxygen atoms in total. The summed E-state index contributed by atoms with van der Waals surface area (Å²) in [6, 6.07) is 12.3. The molecule has 1 atom stereocenters. The van der Waals surface area contributed by atoms with Gasteiger partial charge in [-0.3, -0.25) is 14.3 Å². The van der Waals surface area contributed by atoms with Crippen molar-refractivity contribution in [3.8, 4) is 11.4 Å². The third kappa shape index (κ3) is 6.13. The van der Waals surface area contributed by atoms with E-state index in [2.05, 4.69) is 51.3 Å². The minimum absolute atomic E-state index is 0.0171. The third-order valence-electron chi connectivity index (χ3n) is 5.46. The van der Waals surface area contributed by atoms with Crippen LogP contribution in [-0.2, 0) is 22.6 Å². The number of aromatic nitrogens is 3. The number of carbonyl (C=O) groups is 1. The number of rotatable bonds is 10. The van der Waals surface area contributed by atoms with Crippen molar-refractivity contribution in [2.24, 2.45) is 0 Å². The predicted molar refractivity (Wildman–Crippen MR) is 128 cm³/mol. The molecule has 0 saturated carbocycles. The number of aryl methyl sites for hydroxylation is 1. The Morgan fingerprint density at radius 2 is 2.15 bits per heavy atom. The van der Waals surface area contributed by atoms with Gasteiger partial charge >= 0.3 is 0 Å². The Kier molecular flexibility index (Phi) is 7.98. The van der Waals surface area contributed by atoms with Crippen molar-refractivity contribution in [3.05, 3.63) is 66.6 Å². The summed E-state index contributed by atoms with van der Waals surface area (Å²) in [4.78, 5) is 14.9. The second-order valence-corrected chi connectivity index (χ2v) is 8.84. The summed E-state index contributed by atoms with van der Waals surface area (Å²) in [5.74, 6) is 1.67. The Labute approximate surface area is 198 Å². The van der Waals surface area contributed by atoms with Crippen LogP contribution in [0.3, 0.4) is 0 Å². The van der Waals surface area contributed by atoms with Crippen LogP contribution in [-0.4, -0.2) is 63.7 Å². The van der Waals surface area contributed by atoms with Crippen LogP contribution in [0.2, 0.25) is 0 Å². The van der Waals surface area contributed by atoms with E-state index in [0.29, 0.717) is 30.7 Å². The van der Waals surface area contributed by atoms with E-state index >= 15 is 0 Å². The van der Waals surface area contributed by atoms with Crippen LogP contribution in [0, 0.1) is 6.92 Å². The first-order valence-corrected chi connectivity index (χ1v) is 12.0. The Bertz CT molecular complexity index is 1070. The maximum Gasteiger partial charge on any atom is 0.230 e. The van der Waals surface area contributed by atoms with Crippen molar-refractivity contribution in [2.45, 2.75) is 31.3 Å². The molecule has 9 heteroatoms. The molecule has 0 bridgehead atoms. The summed E-state index contributed by atoms with van der Waals surface area (Å²) >= 11 is 1.36. The lowest BCUT2D eigenvalue weighted by atomic mass is 10.2. The fourth-order valence-electron chi connectivity index (χ4n) is 3.80. The summed E-state index contributed by atoms with van der Waals surface area (Å²) in [6.07, 6.45) is 3.40. The van der Waals surface area contributed by atoms with Gasteiger partial charge in [-0.2, -0.15) is 0 Å². The van der Waals surface area contributed by atoms with Crippen LogP contribution in [0.5, 0.6) is 0 Å². The number of hydrogen-bond acceptors (Lipinski definition) is 7. The minimum atomic E-state index is -0.0574. The number of nitrogens with one attached hydrogen (secondary N) is 1. The maximum absolute atomic E-state index is 12.5. The molecule has 33 heavy (non-hydrogen) atoms. The highest BCUT2D eigenvalue weighted by Gasteiger charge is 2.22. The van der Waals surface area contributed by atoms with E-state index < -0.39 is 0 Å². The molecule has 0 radical (unpaired) electrons. The highest BCUT2D eigenvalue weighted by atomic mass is 32.2. The van der Waals surface area contributed by atoms with Crippen molar-refractivity contribution >= 4 is 17.7 Å². The average Bonchev–Trinajstić information content (AvgIpc) is 3.43. The van der Waals surface area contributed by atoms with E-state index in [1.165, 1.54) is 17.3 Å². The molecule has 0 aliphatic carbocycles. The predicted octanol–water partition coefficient (Wildman–Crippen LogP) is 3.14. The molecule has 2 aromatic heterocycles. The first kappa shape index (κ1) is 23.3. The fourth-order valence-corrected chi connectivity index (χ4v) is 4.58. The minimum Gasteiger partial charge on any atom is -0.469 e. The molecule has 1 amide bonds. The molecule has 1 saturated heterocycles. The number of thioether (sulfide) groups is 1. The van der Waals surface area contributed by atoms with Gasteiger partial charge in [0.05, 0.1) is 30.3 Å². The van der Waals surface area contributed by atoms with Crippen molar-refractivity contribution in [3.63, 3.8) is 0 Å². The molecule has 3 aromatic rings. The smallest absolute Gasteiger partial charge is 0.230 e. The first-order chi connectivity index (χ1) is 16.1. The lowest BCUT2D eigenvalue weighted by Gasteiger charge is -2.33. The fraction of sp³-hybridized carbons (Fsp3) is 0.375. The van der Waals surface area contributed by atoms with Gasteiger partial charge in [0.2, 0.25) is 5.91 Å². The van der Waals surface area contributed by atoms with E-state index in [-0.39, 0.29) is 17.8 Å². The lowest BCUT2D eigenvalue weighted by molar-refractivity contribution is -0.119. The summed E-state index contributed by atoms with van der Waals surface area (Å²) < 4.78 is 13.2. The summed E-state index contributed by atoms with van der Waals surface area (Å²) in [7, 11) is 0. The van der Waals surface area contributed by atoms with E-state index in [0.717, 1.165) is 31.0 Å². The Morgan fingerprint density at radius 3 is 2.91 bits per heavy atom. The summed E-state index contributed by atoms with van der Waals surface area (Å²) in [5.41, 5.74) is 2.17.